The standard InChI is InChI=1S/C19H32N4O7S/c1-10(2)15(17(27)21-12(19(29)30)6-8-31-3)22-16(26)13-5-4-7-23(13)18(28)11(20)9-14(24)25/h10-13,15H,4-9,20H2,1-3H3,(H,21,27)(H,22,26)(H,24,25)(H,29,30). The van der Waals surface area contributed by atoms with Crippen LogP contribution in [0.4, 0.5) is 0 Å². The number of carbonyl (C=O) groups excluding carboxylic acids is 3. The van der Waals surface area contributed by atoms with Crippen molar-refractivity contribution in [1.82, 2.24) is 15.5 Å². The van der Waals surface area contributed by atoms with Crippen LogP contribution >= 0.6 is 11.8 Å². The number of aliphatic carboxylic acids is 2. The molecule has 3 amide bonds. The zero-order valence-electron chi connectivity index (χ0n) is 18.0. The number of likely N-dealkylation sites (tertiary alicyclic amines) is 1. The maximum atomic E-state index is 12.9. The van der Waals surface area contributed by atoms with E-state index in [2.05, 4.69) is 10.6 Å². The van der Waals surface area contributed by atoms with Crippen molar-refractivity contribution in [3.8, 4) is 0 Å². The summed E-state index contributed by atoms with van der Waals surface area (Å²) in [7, 11) is 0. The molecule has 6 N–H and O–H groups in total. The van der Waals surface area contributed by atoms with E-state index in [9.17, 15) is 29.1 Å². The van der Waals surface area contributed by atoms with E-state index in [0.717, 1.165) is 0 Å². The summed E-state index contributed by atoms with van der Waals surface area (Å²) < 4.78 is 0. The van der Waals surface area contributed by atoms with Crippen LogP contribution in [-0.2, 0) is 24.0 Å². The van der Waals surface area contributed by atoms with Gasteiger partial charge in [0, 0.05) is 6.54 Å². The van der Waals surface area contributed by atoms with E-state index < -0.39 is 60.2 Å². The Morgan fingerprint density at radius 2 is 1.81 bits per heavy atom. The number of hydrogen-bond donors (Lipinski definition) is 5. The first-order valence-electron chi connectivity index (χ1n) is 10.1. The lowest BCUT2D eigenvalue weighted by atomic mass is 10.0. The predicted molar refractivity (Wildman–Crippen MR) is 114 cm³/mol. The van der Waals surface area contributed by atoms with Gasteiger partial charge in [-0.1, -0.05) is 13.8 Å². The molecule has 4 atom stereocenters. The highest BCUT2D eigenvalue weighted by atomic mass is 32.2. The number of thioether (sulfide) groups is 1. The Balaban J connectivity index is 2.86. The smallest absolute Gasteiger partial charge is 0.326 e. The molecule has 1 fully saturated rings. The summed E-state index contributed by atoms with van der Waals surface area (Å²) in [5.41, 5.74) is 5.66. The van der Waals surface area contributed by atoms with Gasteiger partial charge in [0.15, 0.2) is 0 Å². The van der Waals surface area contributed by atoms with Crippen LogP contribution in [0.25, 0.3) is 0 Å². The van der Waals surface area contributed by atoms with Crippen molar-refractivity contribution < 1.29 is 34.2 Å². The van der Waals surface area contributed by atoms with Crippen molar-refractivity contribution in [3.63, 3.8) is 0 Å². The minimum absolute atomic E-state index is 0.243. The van der Waals surface area contributed by atoms with Gasteiger partial charge in [-0.05, 0) is 37.2 Å². The first-order valence-corrected chi connectivity index (χ1v) is 11.5. The van der Waals surface area contributed by atoms with Crippen LogP contribution in [0, 0.1) is 5.92 Å². The van der Waals surface area contributed by atoms with Crippen LogP contribution in [0.3, 0.4) is 0 Å². The Morgan fingerprint density at radius 1 is 1.16 bits per heavy atom. The lowest BCUT2D eigenvalue weighted by molar-refractivity contribution is -0.144. The molecule has 0 aliphatic carbocycles. The van der Waals surface area contributed by atoms with E-state index in [1.807, 2.05) is 6.26 Å². The number of nitrogens with zero attached hydrogens (tertiary/aromatic N) is 1. The quantitative estimate of drug-likeness (QED) is 0.250. The molecule has 1 heterocycles. The van der Waals surface area contributed by atoms with Crippen molar-refractivity contribution in [2.24, 2.45) is 11.7 Å². The van der Waals surface area contributed by atoms with Gasteiger partial charge in [0.1, 0.15) is 18.1 Å². The van der Waals surface area contributed by atoms with Crippen LogP contribution in [0.15, 0.2) is 0 Å². The second-order valence-corrected chi connectivity index (χ2v) is 8.79. The Labute approximate surface area is 185 Å². The topological polar surface area (TPSA) is 179 Å². The van der Waals surface area contributed by atoms with E-state index in [1.54, 1.807) is 13.8 Å². The monoisotopic (exact) mass is 460 g/mol. The predicted octanol–water partition coefficient (Wildman–Crippen LogP) is -0.757. The van der Waals surface area contributed by atoms with Gasteiger partial charge in [0.05, 0.1) is 12.5 Å². The third kappa shape index (κ3) is 8.02. The molecule has 1 saturated heterocycles. The van der Waals surface area contributed by atoms with Crippen molar-refractivity contribution in [2.45, 2.75) is 63.7 Å². The maximum Gasteiger partial charge on any atom is 0.326 e. The average Bonchev–Trinajstić information content (AvgIpc) is 3.17. The Kier molecular flexibility index (Phi) is 10.8. The highest BCUT2D eigenvalue weighted by Crippen LogP contribution is 2.19. The fourth-order valence-corrected chi connectivity index (χ4v) is 3.80. The van der Waals surface area contributed by atoms with Crippen LogP contribution < -0.4 is 16.4 Å². The fraction of sp³-hybridized carbons (Fsp3) is 0.737. The molecule has 0 aromatic heterocycles. The summed E-state index contributed by atoms with van der Waals surface area (Å²) >= 11 is 1.46. The summed E-state index contributed by atoms with van der Waals surface area (Å²) in [6.45, 7) is 3.68. The summed E-state index contributed by atoms with van der Waals surface area (Å²) in [6.07, 6.45) is 2.42. The maximum absolute atomic E-state index is 12.9. The van der Waals surface area contributed by atoms with E-state index in [-0.39, 0.29) is 18.9 Å². The number of carboxylic acids is 2. The van der Waals surface area contributed by atoms with Gasteiger partial charge < -0.3 is 31.5 Å². The molecule has 0 aromatic carbocycles. The highest BCUT2D eigenvalue weighted by Gasteiger charge is 2.38. The number of nitrogens with two attached hydrogens (primary N) is 1. The van der Waals surface area contributed by atoms with Gasteiger partial charge in [0.25, 0.3) is 0 Å². The first-order chi connectivity index (χ1) is 14.5. The molecule has 1 aliphatic rings. The number of rotatable bonds is 12. The summed E-state index contributed by atoms with van der Waals surface area (Å²) in [5, 5.41) is 23.3. The third-order valence-electron chi connectivity index (χ3n) is 5.02. The minimum Gasteiger partial charge on any atom is -0.481 e. The van der Waals surface area contributed by atoms with Crippen molar-refractivity contribution in [1.29, 1.82) is 0 Å². The van der Waals surface area contributed by atoms with Crippen LogP contribution in [0.5, 0.6) is 0 Å². The Morgan fingerprint density at radius 3 is 2.32 bits per heavy atom. The summed E-state index contributed by atoms with van der Waals surface area (Å²) in [6, 6.07) is -4.19. The number of nitrogens with one attached hydrogen (secondary N) is 2. The average molecular weight is 461 g/mol. The van der Waals surface area contributed by atoms with Crippen molar-refractivity contribution >= 4 is 41.4 Å². The van der Waals surface area contributed by atoms with E-state index in [1.165, 1.54) is 16.7 Å². The zero-order valence-corrected chi connectivity index (χ0v) is 18.8. The number of amides is 3. The van der Waals surface area contributed by atoms with E-state index in [0.29, 0.717) is 18.6 Å². The van der Waals surface area contributed by atoms with Crippen LogP contribution in [0.1, 0.15) is 39.5 Å². The molecule has 4 unspecified atom stereocenters. The molecular weight excluding hydrogens is 428 g/mol. The molecule has 12 heteroatoms. The number of carbonyl (C=O) groups is 5. The molecule has 1 aliphatic heterocycles. The van der Waals surface area contributed by atoms with Gasteiger partial charge >= 0.3 is 11.9 Å². The lowest BCUT2D eigenvalue weighted by Crippen LogP contribution is -2.58. The van der Waals surface area contributed by atoms with E-state index >= 15 is 0 Å². The number of carboxylic acid groups (broad SMARTS) is 2. The first kappa shape index (κ1) is 26.7. The summed E-state index contributed by atoms with van der Waals surface area (Å²) in [5.74, 6) is -3.96. The van der Waals surface area contributed by atoms with Crippen molar-refractivity contribution in [3.05, 3.63) is 0 Å². The minimum atomic E-state index is -1.26. The van der Waals surface area contributed by atoms with Crippen molar-refractivity contribution in [2.75, 3.05) is 18.6 Å². The Bertz CT molecular complexity index is 688. The SMILES string of the molecule is CSCCC(NC(=O)C(NC(=O)C1CCCN1C(=O)C(N)CC(=O)O)C(C)C)C(=O)O. The molecule has 176 valence electrons. The van der Waals surface area contributed by atoms with Gasteiger partial charge in [-0.25, -0.2) is 4.79 Å². The zero-order chi connectivity index (χ0) is 23.7. The highest BCUT2D eigenvalue weighted by molar-refractivity contribution is 7.98. The molecule has 0 saturated carbocycles. The van der Waals surface area contributed by atoms with Crippen LogP contribution in [0.2, 0.25) is 0 Å². The largest absolute Gasteiger partial charge is 0.481 e. The van der Waals surface area contributed by atoms with Gasteiger partial charge in [0.2, 0.25) is 17.7 Å². The fourth-order valence-electron chi connectivity index (χ4n) is 3.33. The molecule has 0 spiro atoms. The second kappa shape index (κ2) is 12.5. The molecule has 0 aromatic rings. The van der Waals surface area contributed by atoms with Gasteiger partial charge in [-0.2, -0.15) is 11.8 Å². The third-order valence-corrected chi connectivity index (χ3v) is 5.67. The van der Waals surface area contributed by atoms with E-state index in [4.69, 9.17) is 10.8 Å². The summed E-state index contributed by atoms with van der Waals surface area (Å²) in [4.78, 5) is 61.5. The van der Waals surface area contributed by atoms with Gasteiger partial charge in [-0.15, -0.1) is 0 Å². The normalized spacial score (nSPS) is 18.9. The molecule has 0 radical (unpaired) electrons. The molecular formula is C19H32N4O7S. The van der Waals surface area contributed by atoms with Gasteiger partial charge in [-0.3, -0.25) is 19.2 Å². The number of hydrogen-bond acceptors (Lipinski definition) is 7. The molecule has 1 rings (SSSR count). The second-order valence-electron chi connectivity index (χ2n) is 7.81. The molecule has 0 bridgehead atoms. The molecule has 11 nitrogen and oxygen atoms in total. The lowest BCUT2D eigenvalue weighted by Gasteiger charge is -2.29. The van der Waals surface area contributed by atoms with Crippen LogP contribution in [-0.4, -0.2) is 87.5 Å². The Hall–Kier alpha value is -2.34. The molecule has 31 heavy (non-hydrogen) atoms.